The summed E-state index contributed by atoms with van der Waals surface area (Å²) in [7, 11) is -0.654. The number of aliphatic hydroxyl groups is 1. The molecule has 4 aromatic rings. The van der Waals surface area contributed by atoms with E-state index in [2.05, 4.69) is 4.90 Å². The molecule has 2 saturated heterocycles. The van der Waals surface area contributed by atoms with E-state index in [9.17, 15) is 14.5 Å². The summed E-state index contributed by atoms with van der Waals surface area (Å²) in [6.07, 6.45) is 1.48. The van der Waals surface area contributed by atoms with E-state index in [-0.39, 0.29) is 49.5 Å². The van der Waals surface area contributed by atoms with Gasteiger partial charge in [0, 0.05) is 37.1 Å². The van der Waals surface area contributed by atoms with Crippen LogP contribution in [0.5, 0.6) is 5.75 Å². The van der Waals surface area contributed by atoms with Crippen molar-refractivity contribution >= 4 is 13.9 Å². The van der Waals surface area contributed by atoms with Crippen molar-refractivity contribution in [3.8, 4) is 5.75 Å². The van der Waals surface area contributed by atoms with E-state index < -0.39 is 20.0 Å². The lowest BCUT2D eigenvalue weighted by atomic mass is 9.65. The molecule has 6 atom stereocenters. The van der Waals surface area contributed by atoms with Gasteiger partial charge >= 0.3 is 13.9 Å². The molecule has 1 spiro atoms. The normalized spacial score (nSPS) is 25.4. The molecule has 3 fully saturated rings. The van der Waals surface area contributed by atoms with Crippen LogP contribution in [0.25, 0.3) is 0 Å². The molecule has 11 heteroatoms. The molecule has 2 aliphatic heterocycles. The summed E-state index contributed by atoms with van der Waals surface area (Å²) >= 11 is 0. The molecule has 2 heterocycles. The van der Waals surface area contributed by atoms with Crippen LogP contribution in [0, 0.1) is 5.92 Å². The lowest BCUT2D eigenvalue weighted by molar-refractivity contribution is -0.145. The molecular formula is C42H49N2O8P. The molecule has 7 rings (SSSR count). The summed E-state index contributed by atoms with van der Waals surface area (Å²) in [6, 6.07) is 36.2. The number of carbonyl (C=O) groups is 1. The highest BCUT2D eigenvalue weighted by Gasteiger charge is 2.61. The third-order valence-corrected chi connectivity index (χ3v) is 12.6. The molecule has 0 unspecified atom stereocenters. The van der Waals surface area contributed by atoms with Crippen molar-refractivity contribution < 1.29 is 37.5 Å². The smallest absolute Gasteiger partial charge is 0.475 e. The Morgan fingerprint density at radius 2 is 1.38 bits per heavy atom. The molecule has 1 amide bonds. The van der Waals surface area contributed by atoms with Gasteiger partial charge in [-0.2, -0.15) is 0 Å². The summed E-state index contributed by atoms with van der Waals surface area (Å²) in [6.45, 7) is 0.911. The van der Waals surface area contributed by atoms with Crippen molar-refractivity contribution in [3.05, 3.63) is 138 Å². The predicted molar refractivity (Wildman–Crippen MR) is 201 cm³/mol. The minimum atomic E-state index is -4.10. The average Bonchev–Trinajstić information content (AvgIpc) is 3.57. The molecule has 4 aromatic carbocycles. The molecule has 10 nitrogen and oxygen atoms in total. The molecule has 1 N–H and O–H groups in total. The van der Waals surface area contributed by atoms with Gasteiger partial charge in [0.15, 0.2) is 0 Å². The third-order valence-electron chi connectivity index (χ3n) is 11.2. The summed E-state index contributed by atoms with van der Waals surface area (Å²) in [4.78, 5) is 17.5. The fourth-order valence-electron chi connectivity index (χ4n) is 8.40. The number of nitrogens with zero attached hydrogens (tertiary/aromatic N) is 2. The van der Waals surface area contributed by atoms with Crippen LogP contribution in [0.15, 0.2) is 115 Å². The Hall–Kier alpha value is -4.02. The second-order valence-corrected chi connectivity index (χ2v) is 16.1. The van der Waals surface area contributed by atoms with Crippen LogP contribution in [-0.4, -0.2) is 71.5 Å². The van der Waals surface area contributed by atoms with E-state index >= 15 is 0 Å². The van der Waals surface area contributed by atoms with Gasteiger partial charge in [0.1, 0.15) is 12.4 Å². The molecule has 3 aliphatic rings. The number of aliphatic hydroxyl groups excluding tert-OH is 1. The van der Waals surface area contributed by atoms with Gasteiger partial charge in [-0.3, -0.25) is 18.5 Å². The Morgan fingerprint density at radius 1 is 0.811 bits per heavy atom. The fourth-order valence-corrected chi connectivity index (χ4v) is 9.80. The topological polar surface area (TPSA) is 107 Å². The highest BCUT2D eigenvalue weighted by Crippen LogP contribution is 2.58. The monoisotopic (exact) mass is 740 g/mol. The summed E-state index contributed by atoms with van der Waals surface area (Å²) in [5.74, 6) is 0.421. The van der Waals surface area contributed by atoms with Crippen molar-refractivity contribution in [1.29, 1.82) is 0 Å². The van der Waals surface area contributed by atoms with Gasteiger partial charge in [0.05, 0.1) is 32.5 Å². The lowest BCUT2D eigenvalue weighted by Crippen LogP contribution is -2.66. The molecule has 0 aromatic heterocycles. The Bertz CT molecular complexity index is 1790. The highest BCUT2D eigenvalue weighted by atomic mass is 31.2. The number of benzene rings is 4. The van der Waals surface area contributed by atoms with Crippen molar-refractivity contribution in [2.24, 2.45) is 5.92 Å². The van der Waals surface area contributed by atoms with Gasteiger partial charge in [-0.1, -0.05) is 103 Å². The Morgan fingerprint density at radius 3 is 1.94 bits per heavy atom. The average molecular weight is 741 g/mol. The summed E-state index contributed by atoms with van der Waals surface area (Å²) in [5, 5.41) is 12.3. The van der Waals surface area contributed by atoms with E-state index in [0.717, 1.165) is 40.8 Å². The molecule has 53 heavy (non-hydrogen) atoms. The first-order valence-electron chi connectivity index (χ1n) is 18.4. The zero-order chi connectivity index (χ0) is 36.8. The Balaban J connectivity index is 1.12. The standard InChI is InChI=1S/C42H49N2O8P/c1-43(41(46)49-28-32-12-6-3-7-13-32)35-25-42-23-22-39(37(26-42)40(45)38(44(42)27-35)24-31-18-20-36(48-2)21-19-31)52-53(47,50-29-33-14-8-4-9-15-33)51-30-34-16-10-5-11-17-34/h3-21,35,37-40,45H,22-30H2,1-2H3/t35-,37-,38-,39-,40-,42+/m0/s1. The number of fused-ring (bicyclic) bond motifs is 1. The van der Waals surface area contributed by atoms with Gasteiger partial charge in [-0.15, -0.1) is 0 Å². The van der Waals surface area contributed by atoms with Crippen LogP contribution < -0.4 is 4.74 Å². The first-order valence-corrected chi connectivity index (χ1v) is 19.9. The number of methoxy groups -OCH3 is 1. The Kier molecular flexibility index (Phi) is 11.7. The largest absolute Gasteiger partial charge is 0.497 e. The molecule has 2 bridgehead atoms. The number of phosphoric ester groups is 1. The zero-order valence-corrected chi connectivity index (χ0v) is 31.3. The second kappa shape index (κ2) is 16.6. The minimum Gasteiger partial charge on any atom is -0.497 e. The van der Waals surface area contributed by atoms with Crippen LogP contribution in [0.1, 0.15) is 47.9 Å². The molecular weight excluding hydrogens is 691 g/mol. The number of piperidine rings is 1. The summed E-state index contributed by atoms with van der Waals surface area (Å²) < 4.78 is 44.2. The van der Waals surface area contributed by atoms with Crippen LogP contribution in [0.4, 0.5) is 4.79 Å². The number of rotatable bonds is 14. The maximum absolute atomic E-state index is 14.5. The number of likely N-dealkylation sites (N-methyl/N-ethyl adjacent to an activating group) is 1. The van der Waals surface area contributed by atoms with E-state index in [1.807, 2.05) is 115 Å². The highest BCUT2D eigenvalue weighted by molar-refractivity contribution is 7.48. The maximum atomic E-state index is 14.5. The van der Waals surface area contributed by atoms with Gasteiger partial charge in [0.25, 0.3) is 0 Å². The fraction of sp³-hybridized carbons (Fsp3) is 0.405. The van der Waals surface area contributed by atoms with Crippen LogP contribution >= 0.6 is 7.82 Å². The van der Waals surface area contributed by atoms with Gasteiger partial charge in [-0.05, 0) is 66.5 Å². The quantitative estimate of drug-likeness (QED) is 0.130. The van der Waals surface area contributed by atoms with Crippen LogP contribution in [0.3, 0.4) is 0 Å². The molecule has 0 radical (unpaired) electrons. The Labute approximate surface area is 312 Å². The first-order chi connectivity index (χ1) is 25.7. The van der Waals surface area contributed by atoms with E-state index in [0.29, 0.717) is 25.8 Å². The van der Waals surface area contributed by atoms with Gasteiger partial charge in [0.2, 0.25) is 0 Å². The number of carbonyl (C=O) groups excluding carboxylic acids is 1. The van der Waals surface area contributed by atoms with E-state index in [1.165, 1.54) is 0 Å². The predicted octanol–water partition coefficient (Wildman–Crippen LogP) is 7.79. The first kappa shape index (κ1) is 37.3. The number of amides is 1. The number of hydrogen-bond donors (Lipinski definition) is 1. The van der Waals surface area contributed by atoms with E-state index in [1.54, 1.807) is 19.1 Å². The number of phosphoric acid groups is 1. The molecule has 1 aliphatic carbocycles. The zero-order valence-electron chi connectivity index (χ0n) is 30.4. The number of ether oxygens (including phenoxy) is 2. The summed E-state index contributed by atoms with van der Waals surface area (Å²) in [5.41, 5.74) is 3.39. The van der Waals surface area contributed by atoms with Crippen molar-refractivity contribution in [2.45, 2.75) is 81.8 Å². The van der Waals surface area contributed by atoms with Gasteiger partial charge < -0.3 is 19.5 Å². The SMILES string of the molecule is COc1ccc(C[C@H]2[C@@H](O)[C@H]3C[C@@]4(CC[C@@H]3OP(=O)(OCc3ccccc3)OCc3ccccc3)C[C@H](N(C)C(=O)OCc3ccccc3)CN24)cc1. The molecule has 1 saturated carbocycles. The van der Waals surface area contributed by atoms with Crippen molar-refractivity contribution in [1.82, 2.24) is 9.80 Å². The van der Waals surface area contributed by atoms with Crippen molar-refractivity contribution in [2.75, 3.05) is 20.7 Å². The van der Waals surface area contributed by atoms with Crippen LogP contribution in [0.2, 0.25) is 0 Å². The third kappa shape index (κ3) is 8.70. The lowest BCUT2D eigenvalue weighted by Gasteiger charge is -2.57. The van der Waals surface area contributed by atoms with Gasteiger partial charge in [-0.25, -0.2) is 9.36 Å². The number of hydrogen-bond acceptors (Lipinski definition) is 9. The molecule has 280 valence electrons. The minimum absolute atomic E-state index is 0.0546. The second-order valence-electron chi connectivity index (χ2n) is 14.5. The van der Waals surface area contributed by atoms with E-state index in [4.69, 9.17) is 23.0 Å². The van der Waals surface area contributed by atoms with Crippen LogP contribution in [-0.2, 0) is 49.1 Å². The maximum Gasteiger partial charge on any atom is 0.475 e. The van der Waals surface area contributed by atoms with Crippen molar-refractivity contribution in [3.63, 3.8) is 0 Å².